The first-order valence-electron chi connectivity index (χ1n) is 9.48. The fourth-order valence-electron chi connectivity index (χ4n) is 5.76. The molecule has 1 aliphatic carbocycles. The Morgan fingerprint density at radius 1 is 1.29 bits per heavy atom. The molecule has 0 amide bonds. The van der Waals surface area contributed by atoms with Gasteiger partial charge in [0.05, 0.1) is 23.2 Å². The standard InChI is InChI=1S/C18H27N3O2S/c22-18(5-1-2-6-18)17-12-4-3-7-23-15-14(12)13(10-19-17)24-16(15)11-8-20-21-9-11/h8-9,12-17,19,22H,1-7,10H2,(H,20,21). The van der Waals surface area contributed by atoms with E-state index in [0.717, 1.165) is 32.4 Å². The number of hydrogen-bond acceptors (Lipinski definition) is 5. The zero-order valence-electron chi connectivity index (χ0n) is 14.0. The molecule has 3 saturated heterocycles. The molecule has 5 nitrogen and oxygen atoms in total. The second kappa shape index (κ2) is 6.01. The van der Waals surface area contributed by atoms with Crippen LogP contribution in [0.1, 0.15) is 49.3 Å². The SMILES string of the molecule is OC1(C2NCC3SC(c4cn[nH]c4)C4OCCCC2C34)CCCC1. The Morgan fingerprint density at radius 3 is 2.96 bits per heavy atom. The Balaban J connectivity index is 1.47. The molecule has 3 aliphatic heterocycles. The molecule has 4 heterocycles. The lowest BCUT2D eigenvalue weighted by Crippen LogP contribution is -2.62. The highest BCUT2D eigenvalue weighted by molar-refractivity contribution is 8.00. The van der Waals surface area contributed by atoms with Gasteiger partial charge in [0.15, 0.2) is 0 Å². The van der Waals surface area contributed by atoms with E-state index in [-0.39, 0.29) is 12.1 Å². The molecule has 0 bridgehead atoms. The fourth-order valence-corrected chi connectivity index (χ4v) is 7.57. The smallest absolute Gasteiger partial charge is 0.0802 e. The highest BCUT2D eigenvalue weighted by atomic mass is 32.2. The summed E-state index contributed by atoms with van der Waals surface area (Å²) in [5.74, 6) is 1.08. The van der Waals surface area contributed by atoms with E-state index in [9.17, 15) is 5.11 Å². The van der Waals surface area contributed by atoms with Crippen LogP contribution in [0.2, 0.25) is 0 Å². The maximum atomic E-state index is 11.3. The molecule has 6 atom stereocenters. The number of hydrogen-bond donors (Lipinski definition) is 3. The Hall–Kier alpha value is -0.560. The topological polar surface area (TPSA) is 70.2 Å². The number of piperidine rings is 1. The van der Waals surface area contributed by atoms with Gasteiger partial charge in [-0.1, -0.05) is 12.8 Å². The number of nitrogens with zero attached hydrogens (tertiary/aromatic N) is 1. The summed E-state index contributed by atoms with van der Waals surface area (Å²) in [4.78, 5) is 0. The van der Waals surface area contributed by atoms with Crippen molar-refractivity contribution in [2.45, 2.75) is 66.8 Å². The van der Waals surface area contributed by atoms with E-state index in [1.807, 2.05) is 12.4 Å². The normalized spacial score (nSPS) is 44.2. The fraction of sp³-hybridized carbons (Fsp3) is 0.833. The highest BCUT2D eigenvalue weighted by Gasteiger charge is 2.57. The zero-order chi connectivity index (χ0) is 16.1. The minimum atomic E-state index is -0.497. The van der Waals surface area contributed by atoms with Gasteiger partial charge in [-0.25, -0.2) is 0 Å². The third kappa shape index (κ3) is 2.37. The molecular weight excluding hydrogens is 322 g/mol. The molecule has 1 saturated carbocycles. The van der Waals surface area contributed by atoms with Crippen molar-refractivity contribution >= 4 is 11.8 Å². The van der Waals surface area contributed by atoms with Gasteiger partial charge in [-0.2, -0.15) is 5.10 Å². The Bertz CT molecular complexity index is 575. The maximum absolute atomic E-state index is 11.3. The van der Waals surface area contributed by atoms with Gasteiger partial charge >= 0.3 is 0 Å². The summed E-state index contributed by atoms with van der Waals surface area (Å²) in [5.41, 5.74) is 0.763. The summed E-state index contributed by atoms with van der Waals surface area (Å²) in [5, 5.41) is 23.1. The molecule has 1 aromatic rings. The first-order chi connectivity index (χ1) is 11.8. The van der Waals surface area contributed by atoms with Crippen molar-refractivity contribution in [2.75, 3.05) is 13.2 Å². The predicted octanol–water partition coefficient (Wildman–Crippen LogP) is 2.25. The number of thioether (sulfide) groups is 1. The van der Waals surface area contributed by atoms with Crippen LogP contribution in [0.25, 0.3) is 0 Å². The van der Waals surface area contributed by atoms with Crippen LogP contribution >= 0.6 is 11.8 Å². The average molecular weight is 350 g/mol. The molecule has 6 unspecified atom stereocenters. The number of nitrogens with one attached hydrogen (secondary N) is 2. The second-order valence-corrected chi connectivity index (χ2v) is 9.43. The maximum Gasteiger partial charge on any atom is 0.0802 e. The second-order valence-electron chi connectivity index (χ2n) is 8.04. The van der Waals surface area contributed by atoms with Gasteiger partial charge in [0.1, 0.15) is 0 Å². The first-order valence-corrected chi connectivity index (χ1v) is 10.4. The lowest BCUT2D eigenvalue weighted by atomic mass is 9.69. The van der Waals surface area contributed by atoms with Crippen LogP contribution in [0.15, 0.2) is 12.4 Å². The molecule has 0 radical (unpaired) electrons. The summed E-state index contributed by atoms with van der Waals surface area (Å²) in [7, 11) is 0. The number of aliphatic hydroxyl groups is 1. The Morgan fingerprint density at radius 2 is 2.17 bits per heavy atom. The van der Waals surface area contributed by atoms with Crippen LogP contribution < -0.4 is 5.32 Å². The quantitative estimate of drug-likeness (QED) is 0.764. The number of ether oxygens (including phenoxy) is 1. The van der Waals surface area contributed by atoms with Crippen LogP contribution in [0, 0.1) is 11.8 Å². The van der Waals surface area contributed by atoms with Gasteiger partial charge in [-0.3, -0.25) is 5.10 Å². The highest BCUT2D eigenvalue weighted by Crippen LogP contribution is 2.57. The number of rotatable bonds is 2. The van der Waals surface area contributed by atoms with Crippen molar-refractivity contribution in [1.82, 2.24) is 15.5 Å². The summed E-state index contributed by atoms with van der Waals surface area (Å²) in [6.45, 7) is 1.84. The average Bonchev–Trinajstić information content (AvgIpc) is 3.28. The number of aromatic amines is 1. The number of H-pyrrole nitrogens is 1. The van der Waals surface area contributed by atoms with Gasteiger partial charge in [-0.05, 0) is 31.6 Å². The van der Waals surface area contributed by atoms with Crippen LogP contribution in [0.3, 0.4) is 0 Å². The van der Waals surface area contributed by atoms with E-state index in [1.54, 1.807) is 0 Å². The van der Waals surface area contributed by atoms with Crippen molar-refractivity contribution in [1.29, 1.82) is 0 Å². The van der Waals surface area contributed by atoms with Crippen molar-refractivity contribution in [3.05, 3.63) is 18.0 Å². The minimum Gasteiger partial charge on any atom is -0.388 e. The van der Waals surface area contributed by atoms with Crippen molar-refractivity contribution in [3.8, 4) is 0 Å². The largest absolute Gasteiger partial charge is 0.388 e. The molecule has 6 heteroatoms. The minimum absolute atomic E-state index is 0.245. The molecule has 4 aliphatic rings. The number of aromatic nitrogens is 2. The lowest BCUT2D eigenvalue weighted by molar-refractivity contribution is -0.0547. The molecule has 4 fully saturated rings. The van der Waals surface area contributed by atoms with Crippen LogP contribution in [-0.2, 0) is 4.74 Å². The summed E-state index contributed by atoms with van der Waals surface area (Å²) < 4.78 is 6.37. The van der Waals surface area contributed by atoms with Crippen LogP contribution in [-0.4, -0.2) is 51.5 Å². The summed E-state index contributed by atoms with van der Waals surface area (Å²) in [6.07, 6.45) is 10.8. The molecule has 0 aromatic carbocycles. The molecule has 24 heavy (non-hydrogen) atoms. The van der Waals surface area contributed by atoms with Crippen molar-refractivity contribution in [3.63, 3.8) is 0 Å². The summed E-state index contributed by atoms with van der Waals surface area (Å²) in [6, 6.07) is 0.245. The van der Waals surface area contributed by atoms with E-state index < -0.39 is 5.60 Å². The first kappa shape index (κ1) is 15.7. The predicted molar refractivity (Wildman–Crippen MR) is 93.9 cm³/mol. The van der Waals surface area contributed by atoms with Crippen LogP contribution in [0.5, 0.6) is 0 Å². The lowest BCUT2D eigenvalue weighted by Gasteiger charge is -2.47. The van der Waals surface area contributed by atoms with Crippen LogP contribution in [0.4, 0.5) is 0 Å². The zero-order valence-corrected chi connectivity index (χ0v) is 14.8. The van der Waals surface area contributed by atoms with E-state index in [4.69, 9.17) is 4.74 Å². The van der Waals surface area contributed by atoms with E-state index in [0.29, 0.717) is 22.3 Å². The van der Waals surface area contributed by atoms with E-state index >= 15 is 0 Å². The monoisotopic (exact) mass is 349 g/mol. The van der Waals surface area contributed by atoms with E-state index in [2.05, 4.69) is 27.3 Å². The van der Waals surface area contributed by atoms with Gasteiger partial charge in [0.2, 0.25) is 0 Å². The Kier molecular flexibility index (Phi) is 3.92. The molecule has 0 spiro atoms. The summed E-state index contributed by atoms with van der Waals surface area (Å²) >= 11 is 2.05. The molecule has 132 valence electrons. The van der Waals surface area contributed by atoms with Crippen molar-refractivity contribution < 1.29 is 9.84 Å². The van der Waals surface area contributed by atoms with Gasteiger partial charge in [0, 0.05) is 42.1 Å². The third-order valence-corrected chi connectivity index (χ3v) is 8.44. The van der Waals surface area contributed by atoms with Gasteiger partial charge in [0.25, 0.3) is 0 Å². The van der Waals surface area contributed by atoms with Crippen molar-refractivity contribution in [2.24, 2.45) is 11.8 Å². The van der Waals surface area contributed by atoms with E-state index in [1.165, 1.54) is 24.8 Å². The van der Waals surface area contributed by atoms with Gasteiger partial charge in [-0.15, -0.1) is 11.8 Å². The molecule has 1 aromatic heterocycles. The van der Waals surface area contributed by atoms with Gasteiger partial charge < -0.3 is 15.2 Å². The molecule has 5 rings (SSSR count). The molecular formula is C18H27N3O2S. The molecule has 3 N–H and O–H groups in total. The Labute approximate surface area is 147 Å². The third-order valence-electron chi connectivity index (χ3n) is 6.78.